The van der Waals surface area contributed by atoms with Crippen molar-refractivity contribution in [3.8, 4) is 0 Å². The van der Waals surface area contributed by atoms with Gasteiger partial charge in [0.2, 0.25) is 0 Å². The molecular weight excluding hydrogens is 182 g/mol. The maximum atomic E-state index is 10.6. The lowest BCUT2D eigenvalue weighted by Gasteiger charge is -2.06. The second kappa shape index (κ2) is 4.94. The molecule has 0 fully saturated rings. The van der Waals surface area contributed by atoms with Gasteiger partial charge in [0.15, 0.2) is 0 Å². The Balaban J connectivity index is 3.17. The van der Waals surface area contributed by atoms with Crippen molar-refractivity contribution in [3.63, 3.8) is 0 Å². The number of nitrogens with zero attached hydrogens (tertiary/aromatic N) is 1. The summed E-state index contributed by atoms with van der Waals surface area (Å²) in [4.78, 5) is 12.6. The summed E-state index contributed by atoms with van der Waals surface area (Å²) < 4.78 is 0. The Kier molecular flexibility index (Phi) is 5.00. The van der Waals surface area contributed by atoms with Gasteiger partial charge in [-0.25, -0.2) is 0 Å². The Hall–Kier alpha value is 0.110. The second-order valence-electron chi connectivity index (χ2n) is 2.23. The van der Waals surface area contributed by atoms with Gasteiger partial charge >= 0.3 is 0 Å². The standard InChI is InChI=1S/C6H12BrNO/c1-8(2)4-3-6(9)5-7/h3-5H2,1-2H3. The Labute approximate surface area is 64.4 Å². The molecule has 0 aromatic heterocycles. The van der Waals surface area contributed by atoms with E-state index in [2.05, 4.69) is 15.9 Å². The molecule has 0 radical (unpaired) electrons. The van der Waals surface area contributed by atoms with Crippen LogP contribution in [0.3, 0.4) is 0 Å². The predicted molar refractivity (Wildman–Crippen MR) is 42.0 cm³/mol. The topological polar surface area (TPSA) is 20.3 Å². The van der Waals surface area contributed by atoms with E-state index in [0.717, 1.165) is 6.54 Å². The zero-order chi connectivity index (χ0) is 7.28. The molecule has 54 valence electrons. The number of halogens is 1. The third-order valence-corrected chi connectivity index (χ3v) is 1.61. The van der Waals surface area contributed by atoms with Gasteiger partial charge in [0.25, 0.3) is 0 Å². The highest BCUT2D eigenvalue weighted by molar-refractivity contribution is 9.09. The summed E-state index contributed by atoms with van der Waals surface area (Å²) in [6.07, 6.45) is 0.651. The fourth-order valence-corrected chi connectivity index (χ4v) is 0.695. The van der Waals surface area contributed by atoms with Crippen molar-refractivity contribution in [2.45, 2.75) is 6.42 Å². The Bertz CT molecular complexity index is 93.1. The quantitative estimate of drug-likeness (QED) is 0.619. The molecule has 0 unspecified atom stereocenters. The van der Waals surface area contributed by atoms with E-state index in [4.69, 9.17) is 0 Å². The smallest absolute Gasteiger partial charge is 0.144 e. The molecule has 0 atom stereocenters. The Morgan fingerprint density at radius 2 is 2.11 bits per heavy atom. The molecule has 0 saturated carbocycles. The predicted octanol–water partition coefficient (Wildman–Crippen LogP) is 0.902. The second-order valence-corrected chi connectivity index (χ2v) is 2.79. The molecular formula is C6H12BrNO. The number of ketones is 1. The maximum absolute atomic E-state index is 10.6. The van der Waals surface area contributed by atoms with Gasteiger partial charge in [-0.1, -0.05) is 15.9 Å². The third kappa shape index (κ3) is 5.99. The van der Waals surface area contributed by atoms with Crippen LogP contribution in [0.5, 0.6) is 0 Å². The molecule has 0 aromatic rings. The fraction of sp³-hybridized carbons (Fsp3) is 0.833. The van der Waals surface area contributed by atoms with Crippen molar-refractivity contribution < 1.29 is 4.79 Å². The summed E-state index contributed by atoms with van der Waals surface area (Å²) in [6, 6.07) is 0. The highest BCUT2D eigenvalue weighted by Crippen LogP contribution is 1.89. The van der Waals surface area contributed by atoms with Gasteiger partial charge in [-0.2, -0.15) is 0 Å². The third-order valence-electron chi connectivity index (χ3n) is 0.987. The molecule has 0 spiro atoms. The van der Waals surface area contributed by atoms with Gasteiger partial charge in [-0.05, 0) is 14.1 Å². The number of hydrogen-bond acceptors (Lipinski definition) is 2. The van der Waals surface area contributed by atoms with Gasteiger partial charge in [0.1, 0.15) is 5.78 Å². The average Bonchev–Trinajstić information content (AvgIpc) is 1.83. The lowest BCUT2D eigenvalue weighted by atomic mass is 10.3. The number of rotatable bonds is 4. The maximum Gasteiger partial charge on any atom is 0.144 e. The van der Waals surface area contributed by atoms with Crippen LogP contribution >= 0.6 is 15.9 Å². The van der Waals surface area contributed by atoms with Gasteiger partial charge in [-0.15, -0.1) is 0 Å². The van der Waals surface area contributed by atoms with Gasteiger partial charge in [-0.3, -0.25) is 4.79 Å². The van der Waals surface area contributed by atoms with Gasteiger partial charge < -0.3 is 4.90 Å². The minimum atomic E-state index is 0.267. The molecule has 0 aliphatic rings. The largest absolute Gasteiger partial charge is 0.309 e. The molecule has 0 aliphatic carbocycles. The molecule has 0 amide bonds. The average molecular weight is 194 g/mol. The van der Waals surface area contributed by atoms with Crippen molar-refractivity contribution in [2.75, 3.05) is 26.0 Å². The minimum absolute atomic E-state index is 0.267. The van der Waals surface area contributed by atoms with Crippen molar-refractivity contribution in [2.24, 2.45) is 0 Å². The normalized spacial score (nSPS) is 10.2. The zero-order valence-electron chi connectivity index (χ0n) is 5.85. The summed E-state index contributed by atoms with van der Waals surface area (Å²) in [6.45, 7) is 0.852. The number of alkyl halides is 1. The molecule has 0 N–H and O–H groups in total. The molecule has 0 aliphatic heterocycles. The lowest BCUT2D eigenvalue weighted by molar-refractivity contribution is -0.116. The summed E-state index contributed by atoms with van der Waals surface area (Å²) in [7, 11) is 3.92. The van der Waals surface area contributed by atoms with Crippen molar-refractivity contribution in [1.82, 2.24) is 4.90 Å². The van der Waals surface area contributed by atoms with Crippen molar-refractivity contribution in [1.29, 1.82) is 0 Å². The number of Topliss-reactive ketones (excluding diaryl/α,β-unsaturated/α-hetero) is 1. The summed E-state index contributed by atoms with van der Waals surface area (Å²) in [5.74, 6) is 0.267. The lowest BCUT2D eigenvalue weighted by Crippen LogP contribution is -2.16. The SMILES string of the molecule is CN(C)CCC(=O)CBr. The van der Waals surface area contributed by atoms with E-state index in [-0.39, 0.29) is 5.78 Å². The van der Waals surface area contributed by atoms with Crippen LogP contribution < -0.4 is 0 Å². The molecule has 3 heteroatoms. The van der Waals surface area contributed by atoms with Crippen LogP contribution in [0.15, 0.2) is 0 Å². The highest BCUT2D eigenvalue weighted by Gasteiger charge is 1.98. The van der Waals surface area contributed by atoms with Gasteiger partial charge in [0, 0.05) is 13.0 Å². The highest BCUT2D eigenvalue weighted by atomic mass is 79.9. The van der Waals surface area contributed by atoms with E-state index in [1.54, 1.807) is 0 Å². The Morgan fingerprint density at radius 3 is 2.44 bits per heavy atom. The summed E-state index contributed by atoms with van der Waals surface area (Å²) in [5, 5.41) is 0.487. The van der Waals surface area contributed by atoms with Crippen molar-refractivity contribution in [3.05, 3.63) is 0 Å². The fourth-order valence-electron chi connectivity index (χ4n) is 0.415. The molecule has 0 rings (SSSR count). The van der Waals surface area contributed by atoms with E-state index < -0.39 is 0 Å². The molecule has 9 heavy (non-hydrogen) atoms. The first-order valence-electron chi connectivity index (χ1n) is 2.89. The van der Waals surface area contributed by atoms with E-state index >= 15 is 0 Å². The summed E-state index contributed by atoms with van der Waals surface area (Å²) >= 11 is 3.10. The minimum Gasteiger partial charge on any atom is -0.309 e. The van der Waals surface area contributed by atoms with Crippen LogP contribution in [-0.4, -0.2) is 36.7 Å². The molecule has 2 nitrogen and oxygen atoms in total. The Morgan fingerprint density at radius 1 is 1.56 bits per heavy atom. The number of hydrogen-bond donors (Lipinski definition) is 0. The summed E-state index contributed by atoms with van der Waals surface area (Å²) in [5.41, 5.74) is 0. The zero-order valence-corrected chi connectivity index (χ0v) is 7.44. The first-order chi connectivity index (χ1) is 4.16. The van der Waals surface area contributed by atoms with Crippen LogP contribution in [-0.2, 0) is 4.79 Å². The van der Waals surface area contributed by atoms with E-state index in [9.17, 15) is 4.79 Å². The van der Waals surface area contributed by atoms with Crippen LogP contribution in [0.2, 0.25) is 0 Å². The van der Waals surface area contributed by atoms with E-state index in [1.165, 1.54) is 0 Å². The van der Waals surface area contributed by atoms with E-state index in [1.807, 2.05) is 19.0 Å². The van der Waals surface area contributed by atoms with Gasteiger partial charge in [0.05, 0.1) is 5.33 Å². The van der Waals surface area contributed by atoms with Crippen LogP contribution in [0.4, 0.5) is 0 Å². The first-order valence-corrected chi connectivity index (χ1v) is 4.01. The molecule has 0 heterocycles. The van der Waals surface area contributed by atoms with Crippen molar-refractivity contribution >= 4 is 21.7 Å². The van der Waals surface area contributed by atoms with Crippen LogP contribution in [0.25, 0.3) is 0 Å². The van der Waals surface area contributed by atoms with E-state index in [0.29, 0.717) is 11.8 Å². The van der Waals surface area contributed by atoms with Crippen LogP contribution in [0, 0.1) is 0 Å². The number of carbonyl (C=O) groups excluding carboxylic acids is 1. The molecule has 0 aromatic carbocycles. The molecule has 0 saturated heterocycles. The van der Waals surface area contributed by atoms with Crippen LogP contribution in [0.1, 0.15) is 6.42 Å². The molecule has 0 bridgehead atoms. The number of carbonyl (C=O) groups is 1. The first kappa shape index (κ1) is 9.11. The monoisotopic (exact) mass is 193 g/mol.